The molecule has 2 aromatic rings. The Labute approximate surface area is 103 Å². The van der Waals surface area contributed by atoms with Gasteiger partial charge in [0.15, 0.2) is 0 Å². The molecule has 0 aliphatic rings. The standard InChI is InChI=1S/C13H10N2OS/c1-9-5-12(17-8-9)13(16)15-11-4-2-3-10(6-11)7-14/h2-6,8H,1H3,(H,15,16). The topological polar surface area (TPSA) is 52.9 Å². The highest BCUT2D eigenvalue weighted by atomic mass is 32.1. The molecule has 0 saturated carbocycles. The lowest BCUT2D eigenvalue weighted by Gasteiger charge is -2.03. The number of nitriles is 1. The van der Waals surface area contributed by atoms with Gasteiger partial charge in [-0.05, 0) is 42.1 Å². The van der Waals surface area contributed by atoms with Gasteiger partial charge in [-0.1, -0.05) is 6.07 Å². The summed E-state index contributed by atoms with van der Waals surface area (Å²) in [5.74, 6) is -0.141. The van der Waals surface area contributed by atoms with Gasteiger partial charge in [0.1, 0.15) is 0 Å². The molecule has 1 N–H and O–H groups in total. The van der Waals surface area contributed by atoms with Crippen LogP contribution >= 0.6 is 11.3 Å². The van der Waals surface area contributed by atoms with Crippen LogP contribution in [-0.2, 0) is 0 Å². The molecule has 0 saturated heterocycles. The summed E-state index contributed by atoms with van der Waals surface area (Å²) in [5, 5.41) is 13.5. The molecular formula is C13H10N2OS. The molecule has 0 atom stereocenters. The largest absolute Gasteiger partial charge is 0.321 e. The summed E-state index contributed by atoms with van der Waals surface area (Å²) in [6, 6.07) is 10.7. The number of rotatable bonds is 2. The fourth-order valence-electron chi connectivity index (χ4n) is 1.41. The summed E-state index contributed by atoms with van der Waals surface area (Å²) in [6.45, 7) is 1.95. The number of hydrogen-bond donors (Lipinski definition) is 1. The van der Waals surface area contributed by atoms with Gasteiger partial charge < -0.3 is 5.32 Å². The summed E-state index contributed by atoms with van der Waals surface area (Å²) in [7, 11) is 0. The zero-order valence-electron chi connectivity index (χ0n) is 9.23. The summed E-state index contributed by atoms with van der Waals surface area (Å²) in [5.41, 5.74) is 2.25. The van der Waals surface area contributed by atoms with E-state index in [9.17, 15) is 4.79 Å². The lowest BCUT2D eigenvalue weighted by atomic mass is 10.2. The van der Waals surface area contributed by atoms with Gasteiger partial charge in [0.2, 0.25) is 0 Å². The summed E-state index contributed by atoms with van der Waals surface area (Å²) in [4.78, 5) is 12.5. The molecule has 0 radical (unpaired) electrons. The number of anilines is 1. The third-order valence-corrected chi connectivity index (χ3v) is 3.25. The molecule has 1 aromatic heterocycles. The third-order valence-electron chi connectivity index (χ3n) is 2.20. The third kappa shape index (κ3) is 2.71. The van der Waals surface area contributed by atoms with Crippen LogP contribution in [0, 0.1) is 18.3 Å². The van der Waals surface area contributed by atoms with Crippen LogP contribution in [0.5, 0.6) is 0 Å². The minimum atomic E-state index is -0.141. The van der Waals surface area contributed by atoms with Gasteiger partial charge in [-0.25, -0.2) is 0 Å². The second-order valence-electron chi connectivity index (χ2n) is 3.64. The molecule has 0 spiro atoms. The van der Waals surface area contributed by atoms with Crippen LogP contribution in [0.15, 0.2) is 35.7 Å². The van der Waals surface area contributed by atoms with Crippen molar-refractivity contribution in [1.82, 2.24) is 0 Å². The molecule has 1 aromatic carbocycles. The highest BCUT2D eigenvalue weighted by molar-refractivity contribution is 7.12. The van der Waals surface area contributed by atoms with Crippen molar-refractivity contribution in [2.75, 3.05) is 5.32 Å². The normalized spacial score (nSPS) is 9.65. The number of carbonyl (C=O) groups excluding carboxylic acids is 1. The molecule has 0 aliphatic heterocycles. The Morgan fingerprint density at radius 2 is 2.24 bits per heavy atom. The van der Waals surface area contributed by atoms with Crippen LogP contribution in [0.3, 0.4) is 0 Å². The maximum absolute atomic E-state index is 11.8. The van der Waals surface area contributed by atoms with E-state index in [0.29, 0.717) is 16.1 Å². The molecule has 0 bridgehead atoms. The molecule has 3 nitrogen and oxygen atoms in total. The molecule has 1 heterocycles. The van der Waals surface area contributed by atoms with Gasteiger partial charge in [-0.2, -0.15) is 5.26 Å². The van der Waals surface area contributed by atoms with Gasteiger partial charge in [-0.3, -0.25) is 4.79 Å². The Morgan fingerprint density at radius 3 is 2.88 bits per heavy atom. The number of benzene rings is 1. The van der Waals surface area contributed by atoms with E-state index in [4.69, 9.17) is 5.26 Å². The number of hydrogen-bond acceptors (Lipinski definition) is 3. The summed E-state index contributed by atoms with van der Waals surface area (Å²) >= 11 is 1.41. The van der Waals surface area contributed by atoms with E-state index < -0.39 is 0 Å². The fraction of sp³-hybridized carbons (Fsp3) is 0.0769. The molecule has 84 valence electrons. The minimum absolute atomic E-state index is 0.141. The average Bonchev–Trinajstić information content (AvgIpc) is 2.76. The predicted octanol–water partition coefficient (Wildman–Crippen LogP) is 3.18. The smallest absolute Gasteiger partial charge is 0.265 e. The Hall–Kier alpha value is -2.12. The quantitative estimate of drug-likeness (QED) is 0.879. The van der Waals surface area contributed by atoms with Crippen LogP contribution < -0.4 is 5.32 Å². The van der Waals surface area contributed by atoms with Crippen LogP contribution in [0.2, 0.25) is 0 Å². The van der Waals surface area contributed by atoms with Crippen molar-refractivity contribution in [3.05, 3.63) is 51.7 Å². The second-order valence-corrected chi connectivity index (χ2v) is 4.55. The maximum Gasteiger partial charge on any atom is 0.265 e. The number of nitrogens with zero attached hydrogens (tertiary/aromatic N) is 1. The van der Waals surface area contributed by atoms with Crippen LogP contribution in [-0.4, -0.2) is 5.91 Å². The summed E-state index contributed by atoms with van der Waals surface area (Å²) < 4.78 is 0. The van der Waals surface area contributed by atoms with Crippen molar-refractivity contribution >= 4 is 22.9 Å². The fourth-order valence-corrected chi connectivity index (χ4v) is 2.20. The van der Waals surface area contributed by atoms with Gasteiger partial charge in [-0.15, -0.1) is 11.3 Å². The monoisotopic (exact) mass is 242 g/mol. The van der Waals surface area contributed by atoms with E-state index in [2.05, 4.69) is 5.32 Å². The van der Waals surface area contributed by atoms with Gasteiger partial charge in [0, 0.05) is 5.69 Å². The molecule has 0 aliphatic carbocycles. The van der Waals surface area contributed by atoms with Crippen molar-refractivity contribution < 1.29 is 4.79 Å². The predicted molar refractivity (Wildman–Crippen MR) is 68.2 cm³/mol. The highest BCUT2D eigenvalue weighted by Gasteiger charge is 2.08. The number of thiophene rings is 1. The SMILES string of the molecule is Cc1csc(C(=O)Nc2cccc(C#N)c2)c1. The molecule has 1 amide bonds. The number of nitrogens with one attached hydrogen (secondary N) is 1. The Kier molecular flexibility index (Phi) is 3.22. The first-order valence-electron chi connectivity index (χ1n) is 5.05. The molecule has 17 heavy (non-hydrogen) atoms. The van der Waals surface area contributed by atoms with E-state index in [1.54, 1.807) is 24.3 Å². The van der Waals surface area contributed by atoms with Crippen LogP contribution in [0.4, 0.5) is 5.69 Å². The zero-order valence-corrected chi connectivity index (χ0v) is 10.0. The van der Waals surface area contributed by atoms with Gasteiger partial charge in [0.05, 0.1) is 16.5 Å². The minimum Gasteiger partial charge on any atom is -0.321 e. The number of amides is 1. The maximum atomic E-state index is 11.8. The average molecular weight is 242 g/mol. The highest BCUT2D eigenvalue weighted by Crippen LogP contribution is 2.16. The van der Waals surface area contributed by atoms with E-state index in [-0.39, 0.29) is 5.91 Å². The molecule has 2 rings (SSSR count). The van der Waals surface area contributed by atoms with Crippen molar-refractivity contribution in [3.8, 4) is 6.07 Å². The Balaban J connectivity index is 2.16. The van der Waals surface area contributed by atoms with Crippen molar-refractivity contribution in [2.45, 2.75) is 6.92 Å². The van der Waals surface area contributed by atoms with Crippen LogP contribution in [0.1, 0.15) is 20.8 Å². The summed E-state index contributed by atoms with van der Waals surface area (Å²) in [6.07, 6.45) is 0. The Bertz CT molecular complexity index is 595. The van der Waals surface area contributed by atoms with E-state index in [1.807, 2.05) is 24.4 Å². The van der Waals surface area contributed by atoms with Gasteiger partial charge >= 0.3 is 0 Å². The second kappa shape index (κ2) is 4.81. The van der Waals surface area contributed by atoms with Crippen LogP contribution in [0.25, 0.3) is 0 Å². The van der Waals surface area contributed by atoms with Gasteiger partial charge in [0.25, 0.3) is 5.91 Å². The Morgan fingerprint density at radius 1 is 1.41 bits per heavy atom. The number of aryl methyl sites for hydroxylation is 1. The number of carbonyl (C=O) groups is 1. The van der Waals surface area contributed by atoms with Crippen molar-refractivity contribution in [1.29, 1.82) is 5.26 Å². The van der Waals surface area contributed by atoms with Crippen molar-refractivity contribution in [2.24, 2.45) is 0 Å². The molecule has 4 heteroatoms. The molecular weight excluding hydrogens is 232 g/mol. The molecule has 0 unspecified atom stereocenters. The van der Waals surface area contributed by atoms with E-state index >= 15 is 0 Å². The zero-order chi connectivity index (χ0) is 12.3. The van der Waals surface area contributed by atoms with Crippen molar-refractivity contribution in [3.63, 3.8) is 0 Å². The van der Waals surface area contributed by atoms with E-state index in [1.165, 1.54) is 11.3 Å². The first-order valence-corrected chi connectivity index (χ1v) is 5.93. The lowest BCUT2D eigenvalue weighted by Crippen LogP contribution is -2.10. The first kappa shape index (κ1) is 11.4. The van der Waals surface area contributed by atoms with E-state index in [0.717, 1.165) is 5.56 Å². The molecule has 0 fully saturated rings. The lowest BCUT2D eigenvalue weighted by molar-refractivity contribution is 0.103. The first-order chi connectivity index (χ1) is 8.19.